The van der Waals surface area contributed by atoms with Gasteiger partial charge in [-0.2, -0.15) is 0 Å². The van der Waals surface area contributed by atoms with Crippen molar-refractivity contribution in [1.82, 2.24) is 0 Å². The lowest BCUT2D eigenvalue weighted by atomic mass is 10.00. The van der Waals surface area contributed by atoms with Crippen molar-refractivity contribution in [2.24, 2.45) is 0 Å². The van der Waals surface area contributed by atoms with Crippen LogP contribution in [-0.4, -0.2) is 6.61 Å². The Labute approximate surface area is 106 Å². The third kappa shape index (κ3) is 2.44. The summed E-state index contributed by atoms with van der Waals surface area (Å²) in [6, 6.07) is 6.29. The zero-order valence-corrected chi connectivity index (χ0v) is 11.2. The lowest BCUT2D eigenvalue weighted by molar-refractivity contribution is 0.337. The van der Waals surface area contributed by atoms with Crippen molar-refractivity contribution < 1.29 is 4.74 Å². The van der Waals surface area contributed by atoms with Crippen molar-refractivity contribution in [2.75, 3.05) is 12.3 Å². The molecule has 0 aliphatic carbocycles. The maximum Gasteiger partial charge on any atom is 0.122 e. The fourth-order valence-corrected chi connectivity index (χ4v) is 2.56. The van der Waals surface area contributed by atoms with Crippen LogP contribution in [-0.2, 0) is 0 Å². The van der Waals surface area contributed by atoms with Crippen LogP contribution in [0.5, 0.6) is 5.75 Å². The summed E-state index contributed by atoms with van der Waals surface area (Å²) in [4.78, 5) is 0. The maximum absolute atomic E-state index is 5.78. The number of ether oxygens (including phenoxy) is 1. The molecule has 0 bridgehead atoms. The van der Waals surface area contributed by atoms with Gasteiger partial charge in [0, 0.05) is 5.38 Å². The molecule has 0 saturated heterocycles. The number of aryl methyl sites for hydroxylation is 2. The number of anilines is 1. The zero-order chi connectivity index (χ0) is 12.4. The Morgan fingerprint density at radius 3 is 2.53 bits per heavy atom. The van der Waals surface area contributed by atoms with E-state index in [0.29, 0.717) is 6.61 Å². The standard InChI is InChI=1S/C14H17NOS/c1-4-16-13-6-9(2)12(5-10(13)3)11-7-14(15)17-8-11/h5-8H,4,15H2,1-3H3. The summed E-state index contributed by atoms with van der Waals surface area (Å²) in [6.45, 7) is 6.88. The summed E-state index contributed by atoms with van der Waals surface area (Å²) in [7, 11) is 0. The average molecular weight is 247 g/mol. The summed E-state index contributed by atoms with van der Waals surface area (Å²) < 4.78 is 5.59. The van der Waals surface area contributed by atoms with Gasteiger partial charge < -0.3 is 10.5 Å². The summed E-state index contributed by atoms with van der Waals surface area (Å²) in [6.07, 6.45) is 0. The molecule has 0 radical (unpaired) electrons. The molecule has 0 aliphatic rings. The van der Waals surface area contributed by atoms with Crippen molar-refractivity contribution in [3.63, 3.8) is 0 Å². The van der Waals surface area contributed by atoms with Crippen LogP contribution in [0.2, 0.25) is 0 Å². The minimum atomic E-state index is 0.699. The molecule has 1 aromatic heterocycles. The minimum absolute atomic E-state index is 0.699. The normalized spacial score (nSPS) is 10.5. The lowest BCUT2D eigenvalue weighted by Gasteiger charge is -2.11. The van der Waals surface area contributed by atoms with Gasteiger partial charge in [-0.3, -0.25) is 0 Å². The topological polar surface area (TPSA) is 35.2 Å². The molecule has 0 unspecified atom stereocenters. The molecule has 2 nitrogen and oxygen atoms in total. The monoisotopic (exact) mass is 247 g/mol. The van der Waals surface area contributed by atoms with E-state index in [4.69, 9.17) is 10.5 Å². The van der Waals surface area contributed by atoms with Crippen LogP contribution < -0.4 is 10.5 Å². The predicted molar refractivity (Wildman–Crippen MR) is 74.8 cm³/mol. The smallest absolute Gasteiger partial charge is 0.122 e. The van der Waals surface area contributed by atoms with Gasteiger partial charge in [0.2, 0.25) is 0 Å². The van der Waals surface area contributed by atoms with Crippen LogP contribution in [0.3, 0.4) is 0 Å². The van der Waals surface area contributed by atoms with Crippen molar-refractivity contribution >= 4 is 16.3 Å². The first kappa shape index (κ1) is 12.0. The van der Waals surface area contributed by atoms with Crippen LogP contribution >= 0.6 is 11.3 Å². The summed E-state index contributed by atoms with van der Waals surface area (Å²) in [5.41, 5.74) is 10.6. The van der Waals surface area contributed by atoms with Crippen molar-refractivity contribution in [3.8, 4) is 16.9 Å². The van der Waals surface area contributed by atoms with Gasteiger partial charge in [-0.25, -0.2) is 0 Å². The molecule has 17 heavy (non-hydrogen) atoms. The van der Waals surface area contributed by atoms with Gasteiger partial charge in [-0.1, -0.05) is 0 Å². The molecule has 0 atom stereocenters. The third-order valence-corrected chi connectivity index (χ3v) is 3.51. The molecule has 0 saturated carbocycles. The maximum atomic E-state index is 5.78. The Bertz CT molecular complexity index is 531. The third-order valence-electron chi connectivity index (χ3n) is 2.75. The lowest BCUT2D eigenvalue weighted by Crippen LogP contribution is -1.95. The zero-order valence-electron chi connectivity index (χ0n) is 10.4. The van der Waals surface area contributed by atoms with E-state index in [0.717, 1.165) is 16.3 Å². The van der Waals surface area contributed by atoms with Gasteiger partial charge >= 0.3 is 0 Å². The Kier molecular flexibility index (Phi) is 3.38. The number of rotatable bonds is 3. The van der Waals surface area contributed by atoms with Gasteiger partial charge in [-0.15, -0.1) is 11.3 Å². The molecular formula is C14H17NOS. The van der Waals surface area contributed by atoms with Gasteiger partial charge in [0.1, 0.15) is 5.75 Å². The van der Waals surface area contributed by atoms with Gasteiger partial charge in [0.25, 0.3) is 0 Å². The Hall–Kier alpha value is -1.48. The summed E-state index contributed by atoms with van der Waals surface area (Å²) in [5.74, 6) is 0.969. The molecule has 2 rings (SSSR count). The minimum Gasteiger partial charge on any atom is -0.494 e. The fraction of sp³-hybridized carbons (Fsp3) is 0.286. The second-order valence-corrected chi connectivity index (χ2v) is 5.05. The molecule has 2 N–H and O–H groups in total. The Morgan fingerprint density at radius 1 is 1.18 bits per heavy atom. The molecular weight excluding hydrogens is 230 g/mol. The van der Waals surface area contributed by atoms with Crippen LogP contribution in [0, 0.1) is 13.8 Å². The molecule has 90 valence electrons. The van der Waals surface area contributed by atoms with E-state index < -0.39 is 0 Å². The van der Waals surface area contributed by atoms with Crippen LogP contribution in [0.15, 0.2) is 23.6 Å². The number of benzene rings is 1. The second kappa shape index (κ2) is 4.80. The van der Waals surface area contributed by atoms with Gasteiger partial charge in [0.15, 0.2) is 0 Å². The highest BCUT2D eigenvalue weighted by atomic mass is 32.1. The van der Waals surface area contributed by atoms with Gasteiger partial charge in [0.05, 0.1) is 11.6 Å². The van der Waals surface area contributed by atoms with E-state index in [9.17, 15) is 0 Å². The predicted octanol–water partition coefficient (Wildman–Crippen LogP) is 4.01. The summed E-state index contributed by atoms with van der Waals surface area (Å²) >= 11 is 1.57. The van der Waals surface area contributed by atoms with E-state index in [1.165, 1.54) is 16.7 Å². The SMILES string of the molecule is CCOc1cc(C)c(-c2csc(N)c2)cc1C. The first-order chi connectivity index (χ1) is 8.11. The molecule has 1 heterocycles. The molecule has 0 fully saturated rings. The molecule has 1 aromatic carbocycles. The van der Waals surface area contributed by atoms with Gasteiger partial charge in [-0.05, 0) is 61.2 Å². The molecule has 2 aromatic rings. The van der Waals surface area contributed by atoms with E-state index in [1.54, 1.807) is 11.3 Å². The molecule has 3 heteroatoms. The number of nitrogen functional groups attached to an aromatic ring is 1. The average Bonchev–Trinajstić information content (AvgIpc) is 2.70. The largest absolute Gasteiger partial charge is 0.494 e. The van der Waals surface area contributed by atoms with E-state index in [1.807, 2.05) is 13.0 Å². The van der Waals surface area contributed by atoms with Crippen molar-refractivity contribution in [2.45, 2.75) is 20.8 Å². The number of nitrogens with two attached hydrogens (primary N) is 1. The number of hydrogen-bond acceptors (Lipinski definition) is 3. The van der Waals surface area contributed by atoms with E-state index >= 15 is 0 Å². The highest BCUT2D eigenvalue weighted by Crippen LogP contribution is 2.33. The number of thiophene rings is 1. The second-order valence-electron chi connectivity index (χ2n) is 4.10. The first-order valence-corrected chi connectivity index (χ1v) is 6.58. The van der Waals surface area contributed by atoms with E-state index in [-0.39, 0.29) is 0 Å². The Balaban J connectivity index is 2.46. The van der Waals surface area contributed by atoms with Crippen LogP contribution in [0.1, 0.15) is 18.1 Å². The quantitative estimate of drug-likeness (QED) is 0.889. The highest BCUT2D eigenvalue weighted by molar-refractivity contribution is 7.14. The first-order valence-electron chi connectivity index (χ1n) is 5.70. The van der Waals surface area contributed by atoms with E-state index in [2.05, 4.69) is 31.4 Å². The Morgan fingerprint density at radius 2 is 1.94 bits per heavy atom. The highest BCUT2D eigenvalue weighted by Gasteiger charge is 2.08. The summed E-state index contributed by atoms with van der Waals surface area (Å²) in [5, 5.41) is 2.95. The molecule has 0 aliphatic heterocycles. The van der Waals surface area contributed by atoms with Crippen molar-refractivity contribution in [3.05, 3.63) is 34.7 Å². The molecule has 0 spiro atoms. The number of hydrogen-bond donors (Lipinski definition) is 1. The van der Waals surface area contributed by atoms with Crippen molar-refractivity contribution in [1.29, 1.82) is 0 Å². The van der Waals surface area contributed by atoms with Crippen LogP contribution in [0.4, 0.5) is 5.00 Å². The fourth-order valence-electron chi connectivity index (χ4n) is 1.91. The molecule has 0 amide bonds. The van der Waals surface area contributed by atoms with Crippen LogP contribution in [0.25, 0.3) is 11.1 Å².